The molecule has 2 N–H and O–H groups in total. The van der Waals surface area contributed by atoms with Crippen LogP contribution in [0.2, 0.25) is 0 Å². The molecule has 4 amide bonds. The summed E-state index contributed by atoms with van der Waals surface area (Å²) >= 11 is 0. The summed E-state index contributed by atoms with van der Waals surface area (Å²) in [7, 11) is 0. The number of nitrogens with one attached hydrogen (secondary N) is 2. The highest BCUT2D eigenvalue weighted by Crippen LogP contribution is 2.33. The highest BCUT2D eigenvalue weighted by atomic mass is 16.2. The Balaban J connectivity index is 1.42. The van der Waals surface area contributed by atoms with Crippen LogP contribution in [0.1, 0.15) is 16.7 Å². The minimum atomic E-state index is -0.358. The van der Waals surface area contributed by atoms with E-state index in [1.807, 2.05) is 67.6 Å². The van der Waals surface area contributed by atoms with Crippen molar-refractivity contribution in [2.24, 2.45) is 0 Å². The second-order valence-corrected chi connectivity index (χ2v) is 7.96. The van der Waals surface area contributed by atoms with E-state index in [0.29, 0.717) is 24.5 Å². The van der Waals surface area contributed by atoms with Crippen molar-refractivity contribution in [3.63, 3.8) is 0 Å². The SMILES string of the molecule is Cc1ccc(CNC(=O)CN2C(=O)CN(C(=O)NCc3ccccc3)c3ccccc32)cc1. The Labute approximate surface area is 193 Å². The number of hydrogen-bond acceptors (Lipinski definition) is 3. The summed E-state index contributed by atoms with van der Waals surface area (Å²) in [5, 5.41) is 5.73. The first-order valence-electron chi connectivity index (χ1n) is 10.8. The Hall–Kier alpha value is -4.13. The van der Waals surface area contributed by atoms with Gasteiger partial charge in [-0.1, -0.05) is 72.3 Å². The Morgan fingerprint density at radius 3 is 2.12 bits per heavy atom. The minimum absolute atomic E-state index is 0.110. The zero-order valence-corrected chi connectivity index (χ0v) is 18.5. The Kier molecular flexibility index (Phi) is 6.69. The quantitative estimate of drug-likeness (QED) is 0.614. The van der Waals surface area contributed by atoms with Crippen LogP contribution in [0.15, 0.2) is 78.9 Å². The summed E-state index contributed by atoms with van der Waals surface area (Å²) in [5.41, 5.74) is 4.23. The van der Waals surface area contributed by atoms with Gasteiger partial charge < -0.3 is 10.6 Å². The van der Waals surface area contributed by atoms with Gasteiger partial charge in [0.1, 0.15) is 13.1 Å². The van der Waals surface area contributed by atoms with Crippen LogP contribution in [-0.2, 0) is 22.7 Å². The van der Waals surface area contributed by atoms with Crippen LogP contribution in [-0.4, -0.2) is 30.9 Å². The average molecular weight is 443 g/mol. The van der Waals surface area contributed by atoms with E-state index in [-0.39, 0.29) is 30.9 Å². The Morgan fingerprint density at radius 2 is 1.39 bits per heavy atom. The van der Waals surface area contributed by atoms with Crippen LogP contribution >= 0.6 is 0 Å². The molecule has 33 heavy (non-hydrogen) atoms. The first-order chi connectivity index (χ1) is 16.0. The lowest BCUT2D eigenvalue weighted by molar-refractivity contribution is -0.123. The van der Waals surface area contributed by atoms with E-state index in [0.717, 1.165) is 16.7 Å². The molecule has 7 nitrogen and oxygen atoms in total. The molecule has 0 radical (unpaired) electrons. The molecule has 0 atom stereocenters. The summed E-state index contributed by atoms with van der Waals surface area (Å²) in [6, 6.07) is 24.2. The lowest BCUT2D eigenvalue weighted by Gasteiger charge is -2.35. The van der Waals surface area contributed by atoms with Crippen molar-refractivity contribution in [3.05, 3.63) is 95.6 Å². The molecule has 1 aliphatic rings. The molecule has 0 fully saturated rings. The van der Waals surface area contributed by atoms with Crippen molar-refractivity contribution in [2.75, 3.05) is 22.9 Å². The van der Waals surface area contributed by atoms with Gasteiger partial charge in [-0.3, -0.25) is 19.4 Å². The van der Waals surface area contributed by atoms with Crippen molar-refractivity contribution in [1.82, 2.24) is 10.6 Å². The summed E-state index contributed by atoms with van der Waals surface area (Å²) in [6.45, 7) is 2.51. The molecule has 0 unspecified atom stereocenters. The zero-order chi connectivity index (χ0) is 23.2. The van der Waals surface area contributed by atoms with Crippen LogP contribution in [0.5, 0.6) is 0 Å². The number of rotatable bonds is 6. The van der Waals surface area contributed by atoms with Gasteiger partial charge in [0.2, 0.25) is 11.8 Å². The molecule has 0 saturated heterocycles. The fourth-order valence-electron chi connectivity index (χ4n) is 3.69. The maximum atomic E-state index is 12.9. The molecule has 168 valence electrons. The van der Waals surface area contributed by atoms with Crippen LogP contribution in [0.3, 0.4) is 0 Å². The van der Waals surface area contributed by atoms with Gasteiger partial charge in [0.05, 0.1) is 11.4 Å². The van der Waals surface area contributed by atoms with Crippen molar-refractivity contribution in [3.8, 4) is 0 Å². The predicted molar refractivity (Wildman–Crippen MR) is 128 cm³/mol. The van der Waals surface area contributed by atoms with E-state index in [2.05, 4.69) is 10.6 Å². The minimum Gasteiger partial charge on any atom is -0.350 e. The maximum Gasteiger partial charge on any atom is 0.322 e. The first-order valence-corrected chi connectivity index (χ1v) is 10.8. The van der Waals surface area contributed by atoms with E-state index in [1.165, 1.54) is 9.80 Å². The number of benzene rings is 3. The van der Waals surface area contributed by atoms with Gasteiger partial charge in [-0.15, -0.1) is 0 Å². The number of hydrogen-bond donors (Lipinski definition) is 2. The third kappa shape index (κ3) is 5.38. The van der Waals surface area contributed by atoms with Crippen LogP contribution in [0.4, 0.5) is 16.2 Å². The van der Waals surface area contributed by atoms with Gasteiger partial charge in [-0.05, 0) is 30.2 Å². The van der Waals surface area contributed by atoms with Crippen LogP contribution in [0.25, 0.3) is 0 Å². The van der Waals surface area contributed by atoms with Gasteiger partial charge in [-0.25, -0.2) is 4.79 Å². The van der Waals surface area contributed by atoms with Crippen LogP contribution < -0.4 is 20.4 Å². The molecule has 1 heterocycles. The third-order valence-corrected chi connectivity index (χ3v) is 5.50. The Morgan fingerprint density at radius 1 is 0.788 bits per heavy atom. The van der Waals surface area contributed by atoms with E-state index in [9.17, 15) is 14.4 Å². The van der Waals surface area contributed by atoms with Gasteiger partial charge in [-0.2, -0.15) is 0 Å². The summed E-state index contributed by atoms with van der Waals surface area (Å²) < 4.78 is 0. The fourth-order valence-corrected chi connectivity index (χ4v) is 3.69. The number of amides is 4. The highest BCUT2D eigenvalue weighted by molar-refractivity contribution is 6.12. The lowest BCUT2D eigenvalue weighted by Crippen LogP contribution is -2.53. The lowest BCUT2D eigenvalue weighted by atomic mass is 10.1. The number of urea groups is 1. The Bertz CT molecular complexity index is 1150. The van der Waals surface area contributed by atoms with Crippen molar-refractivity contribution in [1.29, 1.82) is 0 Å². The second-order valence-electron chi connectivity index (χ2n) is 7.96. The standard InChI is InChI=1S/C26H26N4O3/c1-19-11-13-21(14-12-19)15-27-24(31)17-29-22-9-5-6-10-23(22)30(18-25(29)32)26(33)28-16-20-7-3-2-4-8-20/h2-14H,15-18H2,1H3,(H,27,31)(H,28,33). The number of aryl methyl sites for hydroxylation is 1. The van der Waals surface area contributed by atoms with E-state index in [4.69, 9.17) is 0 Å². The molecule has 4 rings (SSSR count). The van der Waals surface area contributed by atoms with Crippen LogP contribution in [0, 0.1) is 6.92 Å². The highest BCUT2D eigenvalue weighted by Gasteiger charge is 2.33. The second kappa shape index (κ2) is 9.99. The van der Waals surface area contributed by atoms with Gasteiger partial charge in [0.25, 0.3) is 0 Å². The molecular weight excluding hydrogens is 416 g/mol. The summed E-state index contributed by atoms with van der Waals surface area (Å²) in [6.07, 6.45) is 0. The van der Waals surface area contributed by atoms with E-state index >= 15 is 0 Å². The third-order valence-electron chi connectivity index (χ3n) is 5.50. The molecule has 0 spiro atoms. The largest absolute Gasteiger partial charge is 0.350 e. The molecule has 1 aliphatic heterocycles. The van der Waals surface area contributed by atoms with Gasteiger partial charge in [0, 0.05) is 13.1 Å². The summed E-state index contributed by atoms with van der Waals surface area (Å²) in [4.78, 5) is 41.2. The maximum absolute atomic E-state index is 12.9. The molecule has 0 aromatic heterocycles. The number of carbonyl (C=O) groups excluding carboxylic acids is 3. The van der Waals surface area contributed by atoms with Gasteiger partial charge in [0.15, 0.2) is 0 Å². The molecule has 0 aliphatic carbocycles. The number of carbonyl (C=O) groups is 3. The molecule has 7 heteroatoms. The fraction of sp³-hybridized carbons (Fsp3) is 0.192. The van der Waals surface area contributed by atoms with E-state index < -0.39 is 0 Å². The van der Waals surface area contributed by atoms with Crippen molar-refractivity contribution in [2.45, 2.75) is 20.0 Å². The molecular formula is C26H26N4O3. The van der Waals surface area contributed by atoms with E-state index in [1.54, 1.807) is 18.2 Å². The monoisotopic (exact) mass is 442 g/mol. The normalized spacial score (nSPS) is 12.8. The topological polar surface area (TPSA) is 81.8 Å². The number of fused-ring (bicyclic) bond motifs is 1. The number of para-hydroxylation sites is 2. The van der Waals surface area contributed by atoms with Gasteiger partial charge >= 0.3 is 6.03 Å². The number of nitrogens with zero attached hydrogens (tertiary/aromatic N) is 2. The summed E-state index contributed by atoms with van der Waals surface area (Å²) in [5.74, 6) is -0.574. The van der Waals surface area contributed by atoms with Crippen molar-refractivity contribution >= 4 is 29.2 Å². The number of anilines is 2. The molecule has 3 aromatic carbocycles. The molecule has 3 aromatic rings. The smallest absolute Gasteiger partial charge is 0.322 e. The predicted octanol–water partition coefficient (Wildman–Crippen LogP) is 3.37. The molecule has 0 bridgehead atoms. The average Bonchev–Trinajstić information content (AvgIpc) is 2.84. The molecule has 0 saturated carbocycles. The zero-order valence-electron chi connectivity index (χ0n) is 18.5. The van der Waals surface area contributed by atoms with Crippen molar-refractivity contribution < 1.29 is 14.4 Å². The first kappa shape index (κ1) is 22.1.